The van der Waals surface area contributed by atoms with Crippen molar-refractivity contribution in [2.45, 2.75) is 38.0 Å². The highest BCUT2D eigenvalue weighted by Gasteiger charge is 2.20. The lowest BCUT2D eigenvalue weighted by molar-refractivity contribution is -0.115. The third-order valence-corrected chi connectivity index (χ3v) is 5.18. The standard InChI is InChI=1S/C19H21N3O2S/c1-11-12(2)15(10-20)19(21-13(11)3)25-14(4)18(23)22-16-8-6-7-9-17(16)24-5/h6-9,14H,1-5H3,(H,22,23)/t14-/m1/s1. The summed E-state index contributed by atoms with van der Waals surface area (Å²) in [5.74, 6) is 0.432. The van der Waals surface area contributed by atoms with Gasteiger partial charge in [-0.25, -0.2) is 4.98 Å². The number of para-hydroxylation sites is 2. The van der Waals surface area contributed by atoms with E-state index in [-0.39, 0.29) is 5.91 Å². The molecule has 25 heavy (non-hydrogen) atoms. The van der Waals surface area contributed by atoms with Gasteiger partial charge in [-0.05, 0) is 51.0 Å². The van der Waals surface area contributed by atoms with Gasteiger partial charge in [0.1, 0.15) is 16.8 Å². The highest BCUT2D eigenvalue weighted by atomic mass is 32.2. The van der Waals surface area contributed by atoms with Gasteiger partial charge in [0, 0.05) is 5.69 Å². The van der Waals surface area contributed by atoms with Crippen LogP contribution in [0.1, 0.15) is 29.3 Å². The molecule has 1 aromatic carbocycles. The number of amides is 1. The maximum Gasteiger partial charge on any atom is 0.237 e. The van der Waals surface area contributed by atoms with Crippen LogP contribution in [0.4, 0.5) is 5.69 Å². The number of aromatic nitrogens is 1. The van der Waals surface area contributed by atoms with Gasteiger partial charge in [-0.2, -0.15) is 5.26 Å². The first kappa shape index (κ1) is 18.8. The average molecular weight is 355 g/mol. The second-order valence-corrected chi connectivity index (χ2v) is 7.02. The summed E-state index contributed by atoms with van der Waals surface area (Å²) in [4.78, 5) is 17.0. The molecule has 0 fully saturated rings. The van der Waals surface area contributed by atoms with Crippen LogP contribution in [0.5, 0.6) is 5.75 Å². The monoisotopic (exact) mass is 355 g/mol. The Kier molecular flexibility index (Phi) is 6.05. The number of nitrogens with one attached hydrogen (secondary N) is 1. The maximum absolute atomic E-state index is 12.5. The number of benzene rings is 1. The minimum atomic E-state index is -0.411. The number of hydrogen-bond acceptors (Lipinski definition) is 5. The fourth-order valence-corrected chi connectivity index (χ4v) is 3.34. The van der Waals surface area contributed by atoms with E-state index in [2.05, 4.69) is 16.4 Å². The first-order valence-corrected chi connectivity index (χ1v) is 8.75. The minimum Gasteiger partial charge on any atom is -0.495 e. The highest BCUT2D eigenvalue weighted by molar-refractivity contribution is 8.00. The number of thioether (sulfide) groups is 1. The molecule has 1 heterocycles. The fraction of sp³-hybridized carbons (Fsp3) is 0.316. The highest BCUT2D eigenvalue weighted by Crippen LogP contribution is 2.30. The molecule has 130 valence electrons. The van der Waals surface area contributed by atoms with E-state index < -0.39 is 5.25 Å². The van der Waals surface area contributed by atoms with Gasteiger partial charge in [-0.1, -0.05) is 23.9 Å². The third-order valence-electron chi connectivity index (χ3n) is 4.10. The molecule has 1 amide bonds. The zero-order valence-corrected chi connectivity index (χ0v) is 15.8. The Morgan fingerprint density at radius 3 is 2.60 bits per heavy atom. The Hall–Kier alpha value is -2.52. The van der Waals surface area contributed by atoms with Crippen LogP contribution in [0.3, 0.4) is 0 Å². The van der Waals surface area contributed by atoms with E-state index in [1.807, 2.05) is 32.9 Å². The number of nitriles is 1. The van der Waals surface area contributed by atoms with Gasteiger partial charge in [0.2, 0.25) is 5.91 Å². The number of rotatable bonds is 5. The lowest BCUT2D eigenvalue weighted by Crippen LogP contribution is -2.23. The van der Waals surface area contributed by atoms with Crippen molar-refractivity contribution in [3.8, 4) is 11.8 Å². The predicted octanol–water partition coefficient (Wildman–Crippen LogP) is 4.01. The van der Waals surface area contributed by atoms with E-state index in [4.69, 9.17) is 4.74 Å². The molecule has 0 spiro atoms. The van der Waals surface area contributed by atoms with Crippen LogP contribution >= 0.6 is 11.8 Å². The molecule has 1 aromatic heterocycles. The Bertz CT molecular complexity index is 843. The van der Waals surface area contributed by atoms with Crippen molar-refractivity contribution in [1.29, 1.82) is 5.26 Å². The van der Waals surface area contributed by atoms with E-state index in [9.17, 15) is 10.1 Å². The SMILES string of the molecule is COc1ccccc1NC(=O)[C@@H](C)Sc1nc(C)c(C)c(C)c1C#N. The fourth-order valence-electron chi connectivity index (χ4n) is 2.33. The molecular weight excluding hydrogens is 334 g/mol. The molecule has 0 unspecified atom stereocenters. The van der Waals surface area contributed by atoms with Crippen molar-refractivity contribution >= 4 is 23.4 Å². The lowest BCUT2D eigenvalue weighted by Gasteiger charge is -2.16. The molecule has 0 aliphatic carbocycles. The van der Waals surface area contributed by atoms with Crippen LogP contribution in [0.2, 0.25) is 0 Å². The summed E-state index contributed by atoms with van der Waals surface area (Å²) in [7, 11) is 1.56. The lowest BCUT2D eigenvalue weighted by atomic mass is 10.1. The topological polar surface area (TPSA) is 75.0 Å². The normalized spacial score (nSPS) is 11.5. The number of aryl methyl sites for hydroxylation is 1. The van der Waals surface area contributed by atoms with E-state index in [1.165, 1.54) is 11.8 Å². The Morgan fingerprint density at radius 2 is 1.96 bits per heavy atom. The van der Waals surface area contributed by atoms with Gasteiger partial charge in [-0.15, -0.1) is 0 Å². The Morgan fingerprint density at radius 1 is 1.28 bits per heavy atom. The van der Waals surface area contributed by atoms with Crippen LogP contribution < -0.4 is 10.1 Å². The molecular formula is C19H21N3O2S. The zero-order valence-electron chi connectivity index (χ0n) is 15.0. The number of ether oxygens (including phenoxy) is 1. The van der Waals surface area contributed by atoms with Crippen molar-refractivity contribution < 1.29 is 9.53 Å². The van der Waals surface area contributed by atoms with Gasteiger partial charge in [-0.3, -0.25) is 4.79 Å². The summed E-state index contributed by atoms with van der Waals surface area (Å²) in [5.41, 5.74) is 3.94. The summed E-state index contributed by atoms with van der Waals surface area (Å²) < 4.78 is 5.25. The molecule has 1 N–H and O–H groups in total. The number of hydrogen-bond donors (Lipinski definition) is 1. The van der Waals surface area contributed by atoms with E-state index in [1.54, 1.807) is 26.2 Å². The Balaban J connectivity index is 2.21. The van der Waals surface area contributed by atoms with Crippen LogP contribution in [-0.2, 0) is 4.79 Å². The summed E-state index contributed by atoms with van der Waals surface area (Å²) in [6, 6.07) is 9.45. The summed E-state index contributed by atoms with van der Waals surface area (Å²) in [6.07, 6.45) is 0. The van der Waals surface area contributed by atoms with E-state index in [0.717, 1.165) is 16.8 Å². The van der Waals surface area contributed by atoms with Crippen LogP contribution in [-0.4, -0.2) is 23.3 Å². The van der Waals surface area contributed by atoms with Crippen molar-refractivity contribution in [2.24, 2.45) is 0 Å². The van der Waals surface area contributed by atoms with Crippen molar-refractivity contribution in [2.75, 3.05) is 12.4 Å². The molecule has 0 saturated carbocycles. The second-order valence-electron chi connectivity index (χ2n) is 5.69. The Labute approximate surface area is 152 Å². The van der Waals surface area contributed by atoms with Gasteiger partial charge in [0.25, 0.3) is 0 Å². The third kappa shape index (κ3) is 4.12. The van der Waals surface area contributed by atoms with Crippen molar-refractivity contribution in [1.82, 2.24) is 4.98 Å². The number of methoxy groups -OCH3 is 1. The average Bonchev–Trinajstić information content (AvgIpc) is 2.60. The quantitative estimate of drug-likeness (QED) is 0.820. The van der Waals surface area contributed by atoms with Gasteiger partial charge in [0.15, 0.2) is 0 Å². The number of nitrogens with zero attached hydrogens (tertiary/aromatic N) is 2. The number of carbonyl (C=O) groups is 1. The molecule has 5 nitrogen and oxygen atoms in total. The first-order valence-electron chi connectivity index (χ1n) is 7.87. The van der Waals surface area contributed by atoms with Crippen molar-refractivity contribution in [3.63, 3.8) is 0 Å². The molecule has 0 radical (unpaired) electrons. The molecule has 6 heteroatoms. The molecule has 0 saturated heterocycles. The molecule has 2 aromatic rings. The first-order chi connectivity index (χ1) is 11.9. The summed E-state index contributed by atoms with van der Waals surface area (Å²) in [5, 5.41) is 12.5. The zero-order chi connectivity index (χ0) is 18.6. The second kappa shape index (κ2) is 8.04. The number of pyridine rings is 1. The smallest absolute Gasteiger partial charge is 0.237 e. The predicted molar refractivity (Wildman–Crippen MR) is 100 cm³/mol. The number of carbonyl (C=O) groups excluding carboxylic acids is 1. The molecule has 2 rings (SSSR count). The number of anilines is 1. The maximum atomic E-state index is 12.5. The van der Waals surface area contributed by atoms with Gasteiger partial charge in [0.05, 0.1) is 23.6 Å². The summed E-state index contributed by atoms with van der Waals surface area (Å²) >= 11 is 1.29. The van der Waals surface area contributed by atoms with Crippen LogP contribution in [0, 0.1) is 32.1 Å². The molecule has 1 atom stereocenters. The minimum absolute atomic E-state index is 0.170. The van der Waals surface area contributed by atoms with Gasteiger partial charge >= 0.3 is 0 Å². The van der Waals surface area contributed by atoms with E-state index in [0.29, 0.717) is 22.0 Å². The summed E-state index contributed by atoms with van der Waals surface area (Å²) in [6.45, 7) is 7.56. The van der Waals surface area contributed by atoms with Crippen LogP contribution in [0.15, 0.2) is 29.3 Å². The molecule has 0 bridgehead atoms. The van der Waals surface area contributed by atoms with Crippen LogP contribution in [0.25, 0.3) is 0 Å². The van der Waals surface area contributed by atoms with Gasteiger partial charge < -0.3 is 10.1 Å². The molecule has 0 aliphatic heterocycles. The van der Waals surface area contributed by atoms with E-state index >= 15 is 0 Å². The largest absolute Gasteiger partial charge is 0.495 e. The van der Waals surface area contributed by atoms with Crippen molar-refractivity contribution in [3.05, 3.63) is 46.6 Å². The molecule has 0 aliphatic rings.